The third kappa shape index (κ3) is 3.20. The van der Waals surface area contributed by atoms with E-state index in [2.05, 4.69) is 11.9 Å². The summed E-state index contributed by atoms with van der Waals surface area (Å²) in [5.74, 6) is 0.815. The second-order valence-corrected chi connectivity index (χ2v) is 4.29. The van der Waals surface area contributed by atoms with Crippen molar-refractivity contribution in [3.63, 3.8) is 0 Å². The number of rotatable bonds is 2. The quantitative estimate of drug-likeness (QED) is 0.600. The van der Waals surface area contributed by atoms with Crippen LogP contribution in [0.1, 0.15) is 12.8 Å². The van der Waals surface area contributed by atoms with Gasteiger partial charge in [-0.3, -0.25) is 0 Å². The first-order valence-electron chi connectivity index (χ1n) is 3.99. The summed E-state index contributed by atoms with van der Waals surface area (Å²) in [5, 5.41) is 0. The van der Waals surface area contributed by atoms with Crippen LogP contribution in [-0.2, 0) is 10.7 Å². The van der Waals surface area contributed by atoms with E-state index in [4.69, 9.17) is 0 Å². The Morgan fingerprint density at radius 1 is 1.36 bits per heavy atom. The van der Waals surface area contributed by atoms with Crippen LogP contribution in [0.4, 0.5) is 0 Å². The number of nitrogens with zero attached hydrogens (tertiary/aromatic N) is 1. The highest BCUT2D eigenvalue weighted by Crippen LogP contribution is 2.15. The lowest BCUT2D eigenvalue weighted by molar-refractivity contribution is 0.231. The highest BCUT2D eigenvalue weighted by Gasteiger charge is 2.16. The van der Waals surface area contributed by atoms with Crippen molar-refractivity contribution < 1.29 is 8.42 Å². The van der Waals surface area contributed by atoms with Crippen molar-refractivity contribution in [3.8, 4) is 0 Å². The highest BCUT2D eigenvalue weighted by atomic mass is 32.2. The van der Waals surface area contributed by atoms with Crippen molar-refractivity contribution >= 4 is 10.7 Å². The molecule has 0 aromatic rings. The fourth-order valence-electron chi connectivity index (χ4n) is 1.46. The molecule has 1 aliphatic rings. The molecule has 1 aliphatic heterocycles. The largest absolute Gasteiger partial charge is 0.306 e. The molecule has 1 fully saturated rings. The standard InChI is InChI=1S/C7H15NO2S/c1-8-4-2-7(3-5-8)6-11(9)10/h7,11H,2-6H2,1H3. The second-order valence-electron chi connectivity index (χ2n) is 3.26. The van der Waals surface area contributed by atoms with Crippen LogP contribution >= 0.6 is 0 Å². The topological polar surface area (TPSA) is 37.4 Å². The predicted molar refractivity (Wildman–Crippen MR) is 45.4 cm³/mol. The molecule has 1 saturated heterocycles. The van der Waals surface area contributed by atoms with E-state index in [-0.39, 0.29) is 0 Å². The molecule has 0 bridgehead atoms. The Balaban J connectivity index is 2.28. The average Bonchev–Trinajstić information content (AvgIpc) is 1.93. The molecule has 0 N–H and O–H groups in total. The van der Waals surface area contributed by atoms with Gasteiger partial charge in [0, 0.05) is 0 Å². The predicted octanol–water partition coefficient (Wildman–Crippen LogP) is -0.0604. The van der Waals surface area contributed by atoms with E-state index in [1.807, 2.05) is 0 Å². The van der Waals surface area contributed by atoms with Crippen LogP contribution in [0.25, 0.3) is 0 Å². The smallest absolute Gasteiger partial charge is 0.140 e. The summed E-state index contributed by atoms with van der Waals surface area (Å²) in [7, 11) is -0.0793. The average molecular weight is 177 g/mol. The molecular weight excluding hydrogens is 162 g/mol. The molecule has 0 unspecified atom stereocenters. The summed E-state index contributed by atoms with van der Waals surface area (Å²) in [5.41, 5.74) is 0. The molecule has 0 amide bonds. The zero-order valence-corrected chi connectivity index (χ0v) is 7.72. The fraction of sp³-hybridized carbons (Fsp3) is 1.00. The first-order valence-corrected chi connectivity index (χ1v) is 5.35. The number of hydrogen-bond acceptors (Lipinski definition) is 3. The van der Waals surface area contributed by atoms with Crippen LogP contribution in [-0.4, -0.2) is 39.2 Å². The third-order valence-electron chi connectivity index (χ3n) is 2.25. The van der Waals surface area contributed by atoms with Crippen LogP contribution in [0, 0.1) is 5.92 Å². The molecule has 0 aromatic heterocycles. The van der Waals surface area contributed by atoms with Gasteiger partial charge in [0.05, 0.1) is 5.75 Å². The van der Waals surface area contributed by atoms with Crippen LogP contribution in [0.2, 0.25) is 0 Å². The molecule has 3 nitrogen and oxygen atoms in total. The lowest BCUT2D eigenvalue weighted by atomic mass is 10.00. The van der Waals surface area contributed by atoms with Gasteiger partial charge < -0.3 is 4.90 Å². The number of likely N-dealkylation sites (tertiary alicyclic amines) is 1. The molecule has 0 saturated carbocycles. The van der Waals surface area contributed by atoms with Crippen molar-refractivity contribution in [2.75, 3.05) is 25.9 Å². The fourth-order valence-corrected chi connectivity index (χ4v) is 2.24. The van der Waals surface area contributed by atoms with E-state index in [0.717, 1.165) is 25.9 Å². The normalized spacial score (nSPS) is 22.7. The summed E-state index contributed by atoms with van der Waals surface area (Å²) >= 11 is 0. The van der Waals surface area contributed by atoms with Crippen molar-refractivity contribution in [3.05, 3.63) is 0 Å². The Morgan fingerprint density at radius 2 is 1.91 bits per heavy atom. The molecule has 0 aromatic carbocycles. The minimum Gasteiger partial charge on any atom is -0.306 e. The van der Waals surface area contributed by atoms with Crippen LogP contribution in [0.3, 0.4) is 0 Å². The second kappa shape index (κ2) is 4.07. The van der Waals surface area contributed by atoms with Crippen molar-refractivity contribution in [2.24, 2.45) is 5.92 Å². The van der Waals surface area contributed by atoms with E-state index < -0.39 is 10.7 Å². The van der Waals surface area contributed by atoms with E-state index in [9.17, 15) is 8.42 Å². The van der Waals surface area contributed by atoms with Gasteiger partial charge in [0.15, 0.2) is 0 Å². The molecule has 1 heterocycles. The van der Waals surface area contributed by atoms with Gasteiger partial charge in [-0.25, -0.2) is 8.42 Å². The summed E-state index contributed by atoms with van der Waals surface area (Å²) in [4.78, 5) is 2.24. The minimum absolute atomic E-state index is 0.392. The minimum atomic E-state index is -2.16. The van der Waals surface area contributed by atoms with Gasteiger partial charge >= 0.3 is 0 Å². The summed E-state index contributed by atoms with van der Waals surface area (Å²) in [6.07, 6.45) is 2.08. The van der Waals surface area contributed by atoms with E-state index in [1.165, 1.54) is 0 Å². The van der Waals surface area contributed by atoms with Gasteiger partial charge in [0.1, 0.15) is 10.7 Å². The molecule has 0 radical (unpaired) electrons. The van der Waals surface area contributed by atoms with Crippen LogP contribution < -0.4 is 0 Å². The van der Waals surface area contributed by atoms with Gasteiger partial charge in [-0.15, -0.1) is 0 Å². The zero-order chi connectivity index (χ0) is 8.27. The molecule has 4 heteroatoms. The molecule has 0 spiro atoms. The Bertz CT molecular complexity index is 175. The number of piperidine rings is 1. The Morgan fingerprint density at radius 3 is 2.36 bits per heavy atom. The van der Waals surface area contributed by atoms with Crippen LogP contribution in [0.15, 0.2) is 0 Å². The summed E-state index contributed by atoms with van der Waals surface area (Å²) < 4.78 is 20.7. The van der Waals surface area contributed by atoms with Crippen LogP contribution in [0.5, 0.6) is 0 Å². The maximum Gasteiger partial charge on any atom is 0.140 e. The first-order chi connectivity index (χ1) is 5.18. The first kappa shape index (κ1) is 9.00. The Hall–Kier alpha value is -0.0900. The zero-order valence-electron chi connectivity index (χ0n) is 6.82. The van der Waals surface area contributed by atoms with Gasteiger partial charge in [-0.05, 0) is 38.9 Å². The van der Waals surface area contributed by atoms with E-state index in [0.29, 0.717) is 11.7 Å². The van der Waals surface area contributed by atoms with Crippen molar-refractivity contribution in [2.45, 2.75) is 12.8 Å². The Labute approximate surface area is 69.3 Å². The van der Waals surface area contributed by atoms with Gasteiger partial charge in [0.2, 0.25) is 0 Å². The maximum atomic E-state index is 10.4. The highest BCUT2D eigenvalue weighted by molar-refractivity contribution is 7.72. The van der Waals surface area contributed by atoms with Gasteiger partial charge in [-0.1, -0.05) is 0 Å². The molecule has 0 atom stereocenters. The summed E-state index contributed by atoms with van der Waals surface area (Å²) in [6, 6.07) is 0. The Kier molecular flexibility index (Phi) is 3.33. The third-order valence-corrected chi connectivity index (χ3v) is 3.06. The maximum absolute atomic E-state index is 10.4. The lowest BCUT2D eigenvalue weighted by Gasteiger charge is -2.27. The van der Waals surface area contributed by atoms with E-state index in [1.54, 1.807) is 0 Å². The molecule has 11 heavy (non-hydrogen) atoms. The number of thiol groups is 1. The van der Waals surface area contributed by atoms with Crippen molar-refractivity contribution in [1.29, 1.82) is 0 Å². The molecule has 66 valence electrons. The molecular formula is C7H15NO2S. The summed E-state index contributed by atoms with van der Waals surface area (Å²) in [6.45, 7) is 2.10. The monoisotopic (exact) mass is 177 g/mol. The van der Waals surface area contributed by atoms with Gasteiger partial charge in [-0.2, -0.15) is 0 Å². The van der Waals surface area contributed by atoms with Crippen molar-refractivity contribution in [1.82, 2.24) is 4.90 Å². The number of hydrogen-bond donors (Lipinski definition) is 1. The van der Waals surface area contributed by atoms with Gasteiger partial charge in [0.25, 0.3) is 0 Å². The SMILES string of the molecule is CN1CCC(C[SH](=O)=O)CC1. The van der Waals surface area contributed by atoms with E-state index >= 15 is 0 Å². The molecule has 0 aliphatic carbocycles. The lowest BCUT2D eigenvalue weighted by Crippen LogP contribution is -2.31. The molecule has 1 rings (SSSR count).